The minimum Gasteiger partial charge on any atom is -0.340 e. The molecule has 0 fully saturated rings. The van der Waals surface area contributed by atoms with Crippen molar-refractivity contribution in [2.24, 2.45) is 7.05 Å². The Kier molecular flexibility index (Phi) is 3.71. The fraction of sp³-hybridized carbons (Fsp3) is 0.500. The van der Waals surface area contributed by atoms with E-state index in [1.165, 1.54) is 0 Å². The van der Waals surface area contributed by atoms with Gasteiger partial charge in [0, 0.05) is 13.2 Å². The zero-order chi connectivity index (χ0) is 9.68. The standard InChI is InChI=1S/C10H17N3/c1-4-6-9(11-5-2)10-7-13(3)8-12-10/h4,7-9,11H,1,5-6H2,2-3H3. The third-order valence-electron chi connectivity index (χ3n) is 1.93. The van der Waals surface area contributed by atoms with Crippen LogP contribution in [0.4, 0.5) is 0 Å². The average molecular weight is 179 g/mol. The summed E-state index contributed by atoms with van der Waals surface area (Å²) >= 11 is 0. The number of imidazole rings is 1. The molecule has 3 heteroatoms. The Morgan fingerprint density at radius 1 is 1.77 bits per heavy atom. The molecule has 1 N–H and O–H groups in total. The predicted octanol–water partition coefficient (Wildman–Crippen LogP) is 1.65. The van der Waals surface area contributed by atoms with Gasteiger partial charge in [-0.1, -0.05) is 13.0 Å². The van der Waals surface area contributed by atoms with E-state index in [4.69, 9.17) is 0 Å². The van der Waals surface area contributed by atoms with Crippen molar-refractivity contribution in [3.8, 4) is 0 Å². The molecule has 13 heavy (non-hydrogen) atoms. The third-order valence-corrected chi connectivity index (χ3v) is 1.93. The Hall–Kier alpha value is -1.09. The highest BCUT2D eigenvalue weighted by Gasteiger charge is 2.10. The fourth-order valence-electron chi connectivity index (χ4n) is 1.33. The van der Waals surface area contributed by atoms with Crippen molar-refractivity contribution in [3.63, 3.8) is 0 Å². The predicted molar refractivity (Wildman–Crippen MR) is 54.4 cm³/mol. The van der Waals surface area contributed by atoms with Crippen LogP contribution in [0.5, 0.6) is 0 Å². The number of hydrogen-bond acceptors (Lipinski definition) is 2. The maximum atomic E-state index is 4.31. The van der Waals surface area contributed by atoms with Crippen LogP contribution in [0.1, 0.15) is 25.1 Å². The summed E-state index contributed by atoms with van der Waals surface area (Å²) in [5, 5.41) is 3.37. The fourth-order valence-corrected chi connectivity index (χ4v) is 1.33. The SMILES string of the molecule is C=CCC(NCC)c1cn(C)cn1. The monoisotopic (exact) mass is 179 g/mol. The van der Waals surface area contributed by atoms with E-state index in [-0.39, 0.29) is 0 Å². The van der Waals surface area contributed by atoms with Crippen molar-refractivity contribution in [2.45, 2.75) is 19.4 Å². The van der Waals surface area contributed by atoms with Crippen LogP contribution in [0.25, 0.3) is 0 Å². The number of hydrogen-bond donors (Lipinski definition) is 1. The summed E-state index contributed by atoms with van der Waals surface area (Å²) in [6.07, 6.45) is 6.70. The quantitative estimate of drug-likeness (QED) is 0.696. The summed E-state index contributed by atoms with van der Waals surface area (Å²) in [7, 11) is 1.98. The third kappa shape index (κ3) is 2.70. The van der Waals surface area contributed by atoms with Gasteiger partial charge in [0.25, 0.3) is 0 Å². The molecular weight excluding hydrogens is 162 g/mol. The molecule has 72 valence electrons. The van der Waals surface area contributed by atoms with Gasteiger partial charge in [0.05, 0.1) is 18.1 Å². The summed E-state index contributed by atoms with van der Waals surface area (Å²) in [4.78, 5) is 4.31. The molecule has 0 saturated carbocycles. The van der Waals surface area contributed by atoms with Crippen molar-refractivity contribution < 1.29 is 0 Å². The van der Waals surface area contributed by atoms with Crippen LogP contribution in [0.2, 0.25) is 0 Å². The van der Waals surface area contributed by atoms with Crippen molar-refractivity contribution >= 4 is 0 Å². The van der Waals surface area contributed by atoms with Crippen LogP contribution < -0.4 is 5.32 Å². The molecular formula is C10H17N3. The molecule has 1 rings (SSSR count). The Labute approximate surface area is 79.5 Å². The van der Waals surface area contributed by atoms with E-state index in [0.29, 0.717) is 6.04 Å². The summed E-state index contributed by atoms with van der Waals surface area (Å²) in [5.74, 6) is 0. The van der Waals surface area contributed by atoms with Gasteiger partial charge in [-0.3, -0.25) is 0 Å². The Bertz CT molecular complexity index is 265. The summed E-state index contributed by atoms with van der Waals surface area (Å²) in [6.45, 7) is 6.79. The molecule has 0 spiro atoms. The van der Waals surface area contributed by atoms with Crippen molar-refractivity contribution in [1.29, 1.82) is 0 Å². The smallest absolute Gasteiger partial charge is 0.0947 e. The summed E-state index contributed by atoms with van der Waals surface area (Å²) < 4.78 is 1.96. The number of nitrogens with zero attached hydrogens (tertiary/aromatic N) is 2. The van der Waals surface area contributed by atoms with Gasteiger partial charge in [0.1, 0.15) is 0 Å². The molecule has 3 nitrogen and oxygen atoms in total. The zero-order valence-corrected chi connectivity index (χ0v) is 8.33. The highest BCUT2D eigenvalue weighted by atomic mass is 15.0. The minimum absolute atomic E-state index is 0.309. The van der Waals surface area contributed by atoms with Gasteiger partial charge >= 0.3 is 0 Å². The number of aromatic nitrogens is 2. The summed E-state index contributed by atoms with van der Waals surface area (Å²) in [6, 6.07) is 0.309. The van der Waals surface area contributed by atoms with Gasteiger partial charge < -0.3 is 9.88 Å². The van der Waals surface area contributed by atoms with Crippen LogP contribution in [0, 0.1) is 0 Å². The van der Waals surface area contributed by atoms with E-state index in [9.17, 15) is 0 Å². The van der Waals surface area contributed by atoms with Crippen LogP contribution in [-0.4, -0.2) is 16.1 Å². The van der Waals surface area contributed by atoms with Gasteiger partial charge in [-0.05, 0) is 13.0 Å². The first-order valence-corrected chi connectivity index (χ1v) is 4.60. The highest BCUT2D eigenvalue weighted by Crippen LogP contribution is 2.13. The summed E-state index contributed by atoms with van der Waals surface area (Å²) in [5.41, 5.74) is 1.09. The molecule has 0 amide bonds. The van der Waals surface area contributed by atoms with E-state index in [0.717, 1.165) is 18.7 Å². The van der Waals surface area contributed by atoms with Gasteiger partial charge in [-0.2, -0.15) is 0 Å². The molecule has 0 bridgehead atoms. The van der Waals surface area contributed by atoms with E-state index < -0.39 is 0 Å². The average Bonchev–Trinajstić information content (AvgIpc) is 2.51. The van der Waals surface area contributed by atoms with Crippen LogP contribution in [0.15, 0.2) is 25.2 Å². The van der Waals surface area contributed by atoms with Crippen LogP contribution >= 0.6 is 0 Å². The first kappa shape index (κ1) is 9.99. The van der Waals surface area contributed by atoms with Gasteiger partial charge in [0.15, 0.2) is 0 Å². The van der Waals surface area contributed by atoms with E-state index in [1.54, 1.807) is 0 Å². The molecule has 1 aromatic heterocycles. The highest BCUT2D eigenvalue weighted by molar-refractivity contribution is 5.05. The first-order valence-electron chi connectivity index (χ1n) is 4.60. The van der Waals surface area contributed by atoms with Gasteiger partial charge in [-0.25, -0.2) is 4.98 Å². The van der Waals surface area contributed by atoms with Crippen LogP contribution in [-0.2, 0) is 7.05 Å². The molecule has 0 aliphatic heterocycles. The second kappa shape index (κ2) is 4.82. The molecule has 0 aromatic carbocycles. The second-order valence-corrected chi connectivity index (χ2v) is 3.10. The van der Waals surface area contributed by atoms with Gasteiger partial charge in [-0.15, -0.1) is 6.58 Å². The number of nitrogens with one attached hydrogen (secondary N) is 1. The van der Waals surface area contributed by atoms with Crippen LogP contribution in [0.3, 0.4) is 0 Å². The molecule has 0 aliphatic rings. The molecule has 1 aromatic rings. The lowest BCUT2D eigenvalue weighted by Gasteiger charge is -2.12. The molecule has 1 unspecified atom stereocenters. The van der Waals surface area contributed by atoms with Crippen molar-refractivity contribution in [2.75, 3.05) is 6.54 Å². The van der Waals surface area contributed by atoms with Crippen molar-refractivity contribution in [3.05, 3.63) is 30.9 Å². The molecule has 0 aliphatic carbocycles. The van der Waals surface area contributed by atoms with Crippen molar-refractivity contribution in [1.82, 2.24) is 14.9 Å². The number of aryl methyl sites for hydroxylation is 1. The second-order valence-electron chi connectivity index (χ2n) is 3.10. The van der Waals surface area contributed by atoms with Gasteiger partial charge in [0.2, 0.25) is 0 Å². The molecule has 0 radical (unpaired) electrons. The first-order chi connectivity index (χ1) is 6.27. The maximum Gasteiger partial charge on any atom is 0.0947 e. The lowest BCUT2D eigenvalue weighted by molar-refractivity contribution is 0.547. The minimum atomic E-state index is 0.309. The Balaban J connectivity index is 2.68. The lowest BCUT2D eigenvalue weighted by Crippen LogP contribution is -2.20. The lowest BCUT2D eigenvalue weighted by atomic mass is 10.1. The van der Waals surface area contributed by atoms with E-state index >= 15 is 0 Å². The Morgan fingerprint density at radius 2 is 2.54 bits per heavy atom. The molecule has 1 atom stereocenters. The topological polar surface area (TPSA) is 29.9 Å². The molecule has 1 heterocycles. The zero-order valence-electron chi connectivity index (χ0n) is 8.33. The van der Waals surface area contributed by atoms with E-state index in [2.05, 4.69) is 23.8 Å². The Morgan fingerprint density at radius 3 is 3.00 bits per heavy atom. The normalized spacial score (nSPS) is 12.8. The number of rotatable bonds is 5. The maximum absolute atomic E-state index is 4.31. The largest absolute Gasteiger partial charge is 0.340 e. The molecule has 0 saturated heterocycles. The van der Waals surface area contributed by atoms with E-state index in [1.807, 2.05) is 30.2 Å².